The Morgan fingerprint density at radius 3 is 1.86 bits per heavy atom. The molecule has 0 radical (unpaired) electrons. The second kappa shape index (κ2) is 13.4. The molecule has 0 aliphatic carbocycles. The zero-order chi connectivity index (χ0) is 18.7. The Hall–Kier alpha value is -2.79. The van der Waals surface area contributed by atoms with Crippen LogP contribution in [-0.2, 0) is 19.8 Å². The van der Waals surface area contributed by atoms with Gasteiger partial charge in [-0.2, -0.15) is 30.3 Å². The molecule has 4 aromatic rings. The van der Waals surface area contributed by atoms with Gasteiger partial charge < -0.3 is 17.5 Å². The number of hydrogen-bond acceptors (Lipinski definition) is 3. The van der Waals surface area contributed by atoms with Gasteiger partial charge in [0, 0.05) is 12.1 Å². The Morgan fingerprint density at radius 2 is 1.28 bits per heavy atom. The molecule has 5 heteroatoms. The summed E-state index contributed by atoms with van der Waals surface area (Å²) in [6.45, 7) is 0. The number of aromatic nitrogens is 1. The fourth-order valence-corrected chi connectivity index (χ4v) is 2.38. The number of halogens is 1. The molecular formula is C24H18ClN2OOs-. The minimum Gasteiger partial charge on any atom is -1.00 e. The van der Waals surface area contributed by atoms with Gasteiger partial charge in [-0.15, -0.1) is 5.56 Å². The zero-order valence-corrected chi connectivity index (χ0v) is 18.7. The molecule has 146 valence electrons. The summed E-state index contributed by atoms with van der Waals surface area (Å²) in [7, 11) is 0. The van der Waals surface area contributed by atoms with Crippen molar-refractivity contribution in [2.45, 2.75) is 0 Å². The van der Waals surface area contributed by atoms with Crippen molar-refractivity contribution < 1.29 is 37.3 Å². The van der Waals surface area contributed by atoms with Crippen molar-refractivity contribution in [2.24, 2.45) is 4.99 Å². The van der Waals surface area contributed by atoms with Crippen LogP contribution in [0, 0.1) is 6.07 Å². The van der Waals surface area contributed by atoms with Crippen molar-refractivity contribution >= 4 is 11.6 Å². The first-order valence-electron chi connectivity index (χ1n) is 8.56. The molecule has 0 spiro atoms. The molecule has 0 amide bonds. The molecule has 0 N–H and O–H groups in total. The van der Waals surface area contributed by atoms with Crippen LogP contribution in [0.25, 0.3) is 11.1 Å². The van der Waals surface area contributed by atoms with Gasteiger partial charge in [-0.25, -0.2) is 0 Å². The Balaban J connectivity index is 0.000000277. The van der Waals surface area contributed by atoms with E-state index in [-0.39, 0.29) is 38.1 Å². The van der Waals surface area contributed by atoms with Crippen molar-refractivity contribution in [1.82, 2.24) is 4.98 Å². The maximum absolute atomic E-state index is 11.6. The molecule has 3 nitrogen and oxygen atoms in total. The number of hydrogen-bond donors (Lipinski definition) is 0. The van der Waals surface area contributed by atoms with Gasteiger partial charge >= 0.3 is 19.8 Å². The fourth-order valence-electron chi connectivity index (χ4n) is 2.38. The van der Waals surface area contributed by atoms with E-state index in [0.29, 0.717) is 11.4 Å². The van der Waals surface area contributed by atoms with Crippen molar-refractivity contribution in [1.29, 1.82) is 0 Å². The maximum atomic E-state index is 11.6. The van der Waals surface area contributed by atoms with Gasteiger partial charge in [0.25, 0.3) is 0 Å². The van der Waals surface area contributed by atoms with Crippen LogP contribution in [0.3, 0.4) is 0 Å². The number of nitrogens with zero attached hydrogens (tertiary/aromatic N) is 2. The summed E-state index contributed by atoms with van der Waals surface area (Å²) < 4.78 is 0. The molecule has 0 saturated carbocycles. The average Bonchev–Trinajstić information content (AvgIpc) is 2.77. The second-order valence-corrected chi connectivity index (χ2v) is 5.62. The van der Waals surface area contributed by atoms with Gasteiger partial charge in [0.05, 0.1) is 11.4 Å². The third-order valence-electron chi connectivity index (χ3n) is 3.70. The average molecular weight is 576 g/mol. The van der Waals surface area contributed by atoms with Gasteiger partial charge in [0.2, 0.25) is 0 Å². The van der Waals surface area contributed by atoms with Gasteiger partial charge in [0.15, 0.2) is 0 Å². The molecule has 0 bridgehead atoms. The molecule has 0 aliphatic rings. The van der Waals surface area contributed by atoms with Gasteiger partial charge in [-0.05, 0) is 29.8 Å². The van der Waals surface area contributed by atoms with E-state index in [1.807, 2.05) is 48.5 Å². The van der Waals surface area contributed by atoms with E-state index in [1.54, 1.807) is 36.5 Å². The van der Waals surface area contributed by atoms with Gasteiger partial charge in [-0.1, -0.05) is 54.6 Å². The smallest absolute Gasteiger partial charge is 1.00 e. The molecule has 0 fully saturated rings. The van der Waals surface area contributed by atoms with Crippen LogP contribution in [0.2, 0.25) is 0 Å². The van der Waals surface area contributed by atoms with Crippen LogP contribution in [0.1, 0.15) is 5.69 Å². The SMILES string of the molecule is [Cl-].[O-]C(=Nc1ccccc1)c1ccccn1.[Os+2].[c-]1ccc(-c2ccccc2)cc1. The van der Waals surface area contributed by atoms with E-state index in [2.05, 4.69) is 40.3 Å². The molecule has 4 rings (SSSR count). The first-order chi connectivity index (χ1) is 13.3. The number of benzene rings is 3. The minimum absolute atomic E-state index is 0. The second-order valence-electron chi connectivity index (χ2n) is 5.62. The van der Waals surface area contributed by atoms with Crippen molar-refractivity contribution in [3.05, 3.63) is 121 Å². The third-order valence-corrected chi connectivity index (χ3v) is 3.70. The van der Waals surface area contributed by atoms with Crippen molar-refractivity contribution in [3.8, 4) is 11.1 Å². The summed E-state index contributed by atoms with van der Waals surface area (Å²) in [5, 5.41) is 11.6. The van der Waals surface area contributed by atoms with E-state index in [0.717, 1.165) is 0 Å². The molecule has 0 atom stereocenters. The van der Waals surface area contributed by atoms with Crippen molar-refractivity contribution in [2.75, 3.05) is 0 Å². The van der Waals surface area contributed by atoms with E-state index in [9.17, 15) is 5.11 Å². The van der Waals surface area contributed by atoms with E-state index in [1.165, 1.54) is 11.1 Å². The van der Waals surface area contributed by atoms with Gasteiger partial charge in [-0.3, -0.25) is 9.98 Å². The van der Waals surface area contributed by atoms with Crippen LogP contribution in [0.5, 0.6) is 0 Å². The topological polar surface area (TPSA) is 48.3 Å². The number of aliphatic imine (C=N–C) groups is 1. The Bertz CT molecular complexity index is 929. The van der Waals surface area contributed by atoms with E-state index < -0.39 is 0 Å². The van der Waals surface area contributed by atoms with Crippen LogP contribution in [0.15, 0.2) is 114 Å². The third kappa shape index (κ3) is 7.99. The molecule has 0 saturated heterocycles. The zero-order valence-electron chi connectivity index (χ0n) is 15.4. The monoisotopic (exact) mass is 577 g/mol. The Labute approximate surface area is 190 Å². The number of pyridine rings is 1. The number of rotatable bonds is 3. The molecule has 0 unspecified atom stereocenters. The van der Waals surface area contributed by atoms with Crippen LogP contribution >= 0.6 is 0 Å². The predicted molar refractivity (Wildman–Crippen MR) is 108 cm³/mol. The minimum atomic E-state index is -0.318. The Morgan fingerprint density at radius 1 is 0.724 bits per heavy atom. The summed E-state index contributed by atoms with van der Waals surface area (Å²) >= 11 is 0. The molecule has 1 heterocycles. The largest absolute Gasteiger partial charge is 2.00 e. The molecular weight excluding hydrogens is 558 g/mol. The summed E-state index contributed by atoms with van der Waals surface area (Å²) in [5.74, 6) is -0.318. The Kier molecular flexibility index (Phi) is 11.2. The fraction of sp³-hybridized carbons (Fsp3) is 0. The van der Waals surface area contributed by atoms with Crippen LogP contribution in [-0.4, -0.2) is 10.9 Å². The molecule has 0 aliphatic heterocycles. The molecule has 29 heavy (non-hydrogen) atoms. The predicted octanol–water partition coefficient (Wildman–Crippen LogP) is 1.68. The normalized spacial score (nSPS) is 9.86. The summed E-state index contributed by atoms with van der Waals surface area (Å²) in [5.41, 5.74) is 3.51. The molecule has 3 aromatic carbocycles. The first kappa shape index (κ1) is 24.2. The standard InChI is InChI=1S/C12H10N2O.C12H9.ClH.Os/c15-12(11-8-4-5-9-13-11)14-10-6-2-1-3-7-10;1-3-7-11(8-4-1)12-9-5-2-6-10-12;;/h1-9H,(H,14,15);1,3-10H;1H;/q;-1;;+2/p-2. The van der Waals surface area contributed by atoms with E-state index >= 15 is 0 Å². The first-order valence-corrected chi connectivity index (χ1v) is 8.56. The quantitative estimate of drug-likeness (QED) is 0.212. The van der Waals surface area contributed by atoms with Gasteiger partial charge in [0.1, 0.15) is 0 Å². The van der Waals surface area contributed by atoms with Crippen LogP contribution in [0.4, 0.5) is 5.69 Å². The molecule has 1 aromatic heterocycles. The summed E-state index contributed by atoms with van der Waals surface area (Å²) in [6, 6.07) is 35.6. The maximum Gasteiger partial charge on any atom is 2.00 e. The van der Waals surface area contributed by atoms with E-state index in [4.69, 9.17) is 0 Å². The number of para-hydroxylation sites is 1. The van der Waals surface area contributed by atoms with Crippen molar-refractivity contribution in [3.63, 3.8) is 0 Å². The van der Waals surface area contributed by atoms with Crippen LogP contribution < -0.4 is 17.5 Å². The summed E-state index contributed by atoms with van der Waals surface area (Å²) in [4.78, 5) is 7.86. The summed E-state index contributed by atoms with van der Waals surface area (Å²) in [6.07, 6.45) is 1.58.